The van der Waals surface area contributed by atoms with Crippen molar-refractivity contribution in [2.75, 3.05) is 12.3 Å². The molecule has 0 aliphatic heterocycles. The van der Waals surface area contributed by atoms with Crippen LogP contribution in [0.3, 0.4) is 0 Å². The summed E-state index contributed by atoms with van der Waals surface area (Å²) in [5, 5.41) is 0. The van der Waals surface area contributed by atoms with Crippen LogP contribution in [0, 0.1) is 0 Å². The normalized spacial score (nSPS) is 14.0. The number of ether oxygens (including phenoxy) is 1. The lowest BCUT2D eigenvalue weighted by atomic mass is 9.98. The molecule has 136 valence electrons. The summed E-state index contributed by atoms with van der Waals surface area (Å²) < 4.78 is 46.2. The van der Waals surface area contributed by atoms with Crippen molar-refractivity contribution in [3.05, 3.63) is 65.7 Å². The molecule has 1 N–H and O–H groups in total. The van der Waals surface area contributed by atoms with Crippen molar-refractivity contribution in [1.82, 2.24) is 4.72 Å². The zero-order chi connectivity index (χ0) is 18.3. The third-order valence-electron chi connectivity index (χ3n) is 3.80. The minimum atomic E-state index is -3.43. The molecule has 0 bridgehead atoms. The lowest BCUT2D eigenvalue weighted by Gasteiger charge is -2.21. The quantitative estimate of drug-likeness (QED) is 0.736. The minimum absolute atomic E-state index is 0.00462. The standard InChI is InChI=1S/C19H24FNO3S/c1-3-13-25(22,23)21-15-19(2,20)17-9-11-18(12-10-17)24-14-16-7-5-4-6-8-16/h4-12,21H,3,13-15H2,1-2H3. The van der Waals surface area contributed by atoms with Crippen molar-refractivity contribution < 1.29 is 17.5 Å². The summed E-state index contributed by atoms with van der Waals surface area (Å²) in [6.07, 6.45) is 0.492. The van der Waals surface area contributed by atoms with E-state index in [2.05, 4.69) is 4.72 Å². The third-order valence-corrected chi connectivity index (χ3v) is 5.33. The monoisotopic (exact) mass is 365 g/mol. The second-order valence-electron chi connectivity index (χ2n) is 6.14. The van der Waals surface area contributed by atoms with Gasteiger partial charge in [0, 0.05) is 6.54 Å². The van der Waals surface area contributed by atoms with Crippen molar-refractivity contribution in [3.63, 3.8) is 0 Å². The smallest absolute Gasteiger partial charge is 0.211 e. The molecule has 2 aromatic carbocycles. The van der Waals surface area contributed by atoms with Gasteiger partial charge in [-0.25, -0.2) is 17.5 Å². The summed E-state index contributed by atoms with van der Waals surface area (Å²) in [6, 6.07) is 16.4. The van der Waals surface area contributed by atoms with Crippen LogP contribution in [0.25, 0.3) is 0 Å². The number of sulfonamides is 1. The zero-order valence-corrected chi connectivity index (χ0v) is 15.4. The molecule has 0 heterocycles. The molecule has 0 saturated heterocycles. The van der Waals surface area contributed by atoms with E-state index in [9.17, 15) is 12.8 Å². The summed E-state index contributed by atoms with van der Waals surface area (Å²) >= 11 is 0. The van der Waals surface area contributed by atoms with Crippen LogP contribution in [-0.2, 0) is 22.3 Å². The number of hydrogen-bond acceptors (Lipinski definition) is 3. The third kappa shape index (κ3) is 6.14. The number of nitrogens with one attached hydrogen (secondary N) is 1. The summed E-state index contributed by atoms with van der Waals surface area (Å²) in [5.74, 6) is 0.630. The van der Waals surface area contributed by atoms with Gasteiger partial charge in [-0.2, -0.15) is 0 Å². The van der Waals surface area contributed by atoms with Gasteiger partial charge in [-0.15, -0.1) is 0 Å². The Hall–Kier alpha value is -1.92. The maximum atomic E-state index is 14.8. The van der Waals surface area contributed by atoms with Crippen LogP contribution in [0.1, 0.15) is 31.4 Å². The molecule has 2 rings (SSSR count). The van der Waals surface area contributed by atoms with Gasteiger partial charge in [0.1, 0.15) is 18.0 Å². The molecule has 6 heteroatoms. The average Bonchev–Trinajstić information content (AvgIpc) is 2.60. The predicted molar refractivity (Wildman–Crippen MR) is 97.8 cm³/mol. The van der Waals surface area contributed by atoms with E-state index in [1.807, 2.05) is 30.3 Å². The van der Waals surface area contributed by atoms with Gasteiger partial charge in [0.15, 0.2) is 0 Å². The van der Waals surface area contributed by atoms with E-state index >= 15 is 0 Å². The number of benzene rings is 2. The van der Waals surface area contributed by atoms with E-state index in [0.29, 0.717) is 24.3 Å². The maximum Gasteiger partial charge on any atom is 0.211 e. The summed E-state index contributed by atoms with van der Waals surface area (Å²) in [5.41, 5.74) is -0.343. The van der Waals surface area contributed by atoms with Crippen molar-refractivity contribution in [2.45, 2.75) is 32.5 Å². The Morgan fingerprint density at radius 2 is 1.72 bits per heavy atom. The molecule has 0 saturated carbocycles. The van der Waals surface area contributed by atoms with Gasteiger partial charge in [0.2, 0.25) is 10.0 Å². The summed E-state index contributed by atoms with van der Waals surface area (Å²) in [4.78, 5) is 0. The van der Waals surface area contributed by atoms with Crippen LogP contribution in [0.15, 0.2) is 54.6 Å². The fourth-order valence-electron chi connectivity index (χ4n) is 2.33. The highest BCUT2D eigenvalue weighted by Crippen LogP contribution is 2.27. The molecule has 0 radical (unpaired) electrons. The van der Waals surface area contributed by atoms with Gasteiger partial charge >= 0.3 is 0 Å². The van der Waals surface area contributed by atoms with E-state index in [-0.39, 0.29) is 12.3 Å². The highest BCUT2D eigenvalue weighted by Gasteiger charge is 2.27. The molecule has 0 aliphatic carbocycles. The first-order valence-corrected chi connectivity index (χ1v) is 9.91. The Morgan fingerprint density at radius 1 is 1.08 bits per heavy atom. The average molecular weight is 365 g/mol. The Morgan fingerprint density at radius 3 is 2.32 bits per heavy atom. The second kappa shape index (κ2) is 8.45. The maximum absolute atomic E-state index is 14.8. The summed E-state index contributed by atoms with van der Waals surface area (Å²) in [6.45, 7) is 3.27. The number of hydrogen-bond donors (Lipinski definition) is 1. The van der Waals surface area contributed by atoms with Crippen LogP contribution >= 0.6 is 0 Å². The molecule has 1 atom stereocenters. The first kappa shape index (κ1) is 19.4. The van der Waals surface area contributed by atoms with Crippen molar-refractivity contribution >= 4 is 10.0 Å². The largest absolute Gasteiger partial charge is 0.489 e. The van der Waals surface area contributed by atoms with E-state index in [1.54, 1.807) is 31.2 Å². The molecule has 0 fully saturated rings. The molecular formula is C19H24FNO3S. The lowest BCUT2D eigenvalue weighted by Crippen LogP contribution is -2.36. The van der Waals surface area contributed by atoms with E-state index in [1.165, 1.54) is 6.92 Å². The van der Waals surface area contributed by atoms with Crippen LogP contribution in [0.4, 0.5) is 4.39 Å². The molecule has 4 nitrogen and oxygen atoms in total. The van der Waals surface area contributed by atoms with Gasteiger partial charge in [-0.1, -0.05) is 49.4 Å². The molecule has 2 aromatic rings. The highest BCUT2D eigenvalue weighted by molar-refractivity contribution is 7.89. The Balaban J connectivity index is 1.95. The summed E-state index contributed by atoms with van der Waals surface area (Å²) in [7, 11) is -3.43. The predicted octanol–water partition coefficient (Wildman–Crippen LogP) is 3.78. The Bertz CT molecular complexity index is 759. The fourth-order valence-corrected chi connectivity index (χ4v) is 3.50. The minimum Gasteiger partial charge on any atom is -0.489 e. The van der Waals surface area contributed by atoms with Crippen LogP contribution in [0.5, 0.6) is 5.75 Å². The Kier molecular flexibility index (Phi) is 6.56. The molecule has 0 amide bonds. The van der Waals surface area contributed by atoms with Crippen LogP contribution in [0.2, 0.25) is 0 Å². The van der Waals surface area contributed by atoms with Gasteiger partial charge in [0.25, 0.3) is 0 Å². The first-order valence-electron chi connectivity index (χ1n) is 8.26. The lowest BCUT2D eigenvalue weighted by molar-refractivity contribution is 0.196. The van der Waals surface area contributed by atoms with Crippen LogP contribution < -0.4 is 9.46 Å². The molecule has 1 unspecified atom stereocenters. The molecule has 25 heavy (non-hydrogen) atoms. The van der Waals surface area contributed by atoms with Crippen molar-refractivity contribution in [2.24, 2.45) is 0 Å². The number of halogens is 1. The molecular weight excluding hydrogens is 341 g/mol. The Labute approximate surface area is 149 Å². The fraction of sp³-hybridized carbons (Fsp3) is 0.368. The molecule has 0 aliphatic rings. The van der Waals surface area contributed by atoms with Gasteiger partial charge < -0.3 is 4.74 Å². The van der Waals surface area contributed by atoms with E-state index in [4.69, 9.17) is 4.74 Å². The van der Waals surface area contributed by atoms with Gasteiger partial charge in [-0.3, -0.25) is 0 Å². The van der Waals surface area contributed by atoms with E-state index < -0.39 is 15.7 Å². The topological polar surface area (TPSA) is 55.4 Å². The highest BCUT2D eigenvalue weighted by atomic mass is 32.2. The molecule has 0 spiro atoms. The zero-order valence-electron chi connectivity index (χ0n) is 14.5. The van der Waals surface area contributed by atoms with Gasteiger partial charge in [0.05, 0.1) is 5.75 Å². The SMILES string of the molecule is CCCS(=O)(=O)NCC(C)(F)c1ccc(OCc2ccccc2)cc1. The number of alkyl halides is 1. The van der Waals surface area contributed by atoms with Crippen molar-refractivity contribution in [1.29, 1.82) is 0 Å². The van der Waals surface area contributed by atoms with Gasteiger partial charge in [-0.05, 0) is 36.6 Å². The van der Waals surface area contributed by atoms with E-state index in [0.717, 1.165) is 5.56 Å². The molecule has 0 aromatic heterocycles. The number of rotatable bonds is 9. The van der Waals surface area contributed by atoms with Crippen LogP contribution in [-0.4, -0.2) is 20.7 Å². The van der Waals surface area contributed by atoms with Crippen molar-refractivity contribution in [3.8, 4) is 5.75 Å². The second-order valence-corrected chi connectivity index (χ2v) is 8.06. The first-order chi connectivity index (χ1) is 11.8.